The average molecular weight is 267 g/mol. The molecule has 0 amide bonds. The Kier molecular flexibility index (Phi) is 6.15. The zero-order valence-corrected chi connectivity index (χ0v) is 11.5. The third kappa shape index (κ3) is 4.79. The van der Waals surface area contributed by atoms with E-state index in [1.165, 1.54) is 0 Å². The van der Waals surface area contributed by atoms with Crippen LogP contribution in [0.1, 0.15) is 37.8 Å². The molecule has 0 aliphatic heterocycles. The molecule has 0 fully saturated rings. The summed E-state index contributed by atoms with van der Waals surface area (Å²) in [5.41, 5.74) is 4.61. The van der Waals surface area contributed by atoms with Gasteiger partial charge in [-0.2, -0.15) is 0 Å². The molecule has 5 heteroatoms. The summed E-state index contributed by atoms with van der Waals surface area (Å²) in [6, 6.07) is 5.01. The van der Waals surface area contributed by atoms with E-state index in [1.807, 2.05) is 6.07 Å². The molecule has 1 aromatic carbocycles. The van der Waals surface area contributed by atoms with Gasteiger partial charge in [-0.15, -0.1) is 0 Å². The number of unbranched alkanes of at least 4 members (excludes halogenated alkanes) is 1. The van der Waals surface area contributed by atoms with Crippen molar-refractivity contribution in [1.29, 1.82) is 0 Å². The molecule has 0 spiro atoms. The molecule has 1 aromatic rings. The van der Waals surface area contributed by atoms with E-state index in [9.17, 15) is 9.90 Å². The molecule has 5 nitrogen and oxygen atoms in total. The third-order valence-corrected chi connectivity index (χ3v) is 2.83. The number of carboxylic acid groups (broad SMARTS) is 1. The predicted molar refractivity (Wildman–Crippen MR) is 68.7 cm³/mol. The van der Waals surface area contributed by atoms with Crippen molar-refractivity contribution >= 4 is 5.97 Å². The van der Waals surface area contributed by atoms with Gasteiger partial charge < -0.3 is 25.1 Å². The van der Waals surface area contributed by atoms with Gasteiger partial charge in [0.25, 0.3) is 0 Å². The Morgan fingerprint density at radius 3 is 2.74 bits per heavy atom. The first-order valence-electron chi connectivity index (χ1n) is 6.42. The summed E-state index contributed by atoms with van der Waals surface area (Å²) >= 11 is 0. The predicted octanol–water partition coefficient (Wildman–Crippen LogP) is 0.297. The Balaban J connectivity index is 2.79. The maximum Gasteiger partial charge on any atom is 0.161 e. The number of ether oxygens (including phenoxy) is 2. The van der Waals surface area contributed by atoms with Crippen LogP contribution in [0.3, 0.4) is 0 Å². The molecular formula is C14H21NO4. The van der Waals surface area contributed by atoms with Gasteiger partial charge in [-0.25, -0.2) is 0 Å². The summed E-state index contributed by atoms with van der Waals surface area (Å²) in [6.45, 7) is 2.73. The van der Waals surface area contributed by atoms with Gasteiger partial charge in [-0.05, 0) is 24.6 Å². The molecule has 1 rings (SSSR count). The van der Waals surface area contributed by atoms with Crippen LogP contribution >= 0.6 is 0 Å². The van der Waals surface area contributed by atoms with Gasteiger partial charge in [-0.3, -0.25) is 0 Å². The number of hydrogen-bond acceptors (Lipinski definition) is 4. The molecule has 0 saturated carbocycles. The average Bonchev–Trinajstić information content (AvgIpc) is 2.38. The van der Waals surface area contributed by atoms with Crippen molar-refractivity contribution in [2.45, 2.75) is 32.2 Å². The van der Waals surface area contributed by atoms with Gasteiger partial charge in [0.15, 0.2) is 11.5 Å². The van der Waals surface area contributed by atoms with Crippen molar-refractivity contribution < 1.29 is 25.1 Å². The minimum atomic E-state index is -1.11. The SMILES string of the molecule is CCCCOc1ccc([C@@H]([NH3+])CC(=O)[O-])cc1OC. The third-order valence-electron chi connectivity index (χ3n) is 2.83. The number of quaternary nitrogens is 1. The van der Waals surface area contributed by atoms with Crippen LogP contribution in [0.4, 0.5) is 0 Å². The van der Waals surface area contributed by atoms with Crippen LogP contribution in [0.15, 0.2) is 18.2 Å². The molecule has 3 N–H and O–H groups in total. The molecular weight excluding hydrogens is 246 g/mol. The lowest BCUT2D eigenvalue weighted by molar-refractivity contribution is -0.430. The largest absolute Gasteiger partial charge is 0.550 e. The maximum atomic E-state index is 10.6. The smallest absolute Gasteiger partial charge is 0.161 e. The van der Waals surface area contributed by atoms with E-state index in [2.05, 4.69) is 12.7 Å². The quantitative estimate of drug-likeness (QED) is 0.686. The number of carbonyl (C=O) groups is 1. The fourth-order valence-corrected chi connectivity index (χ4v) is 1.70. The number of rotatable bonds is 8. The Bertz CT molecular complexity index is 420. The van der Waals surface area contributed by atoms with Crippen LogP contribution in [-0.2, 0) is 4.79 Å². The Morgan fingerprint density at radius 1 is 1.42 bits per heavy atom. The normalized spacial score (nSPS) is 11.9. The van der Waals surface area contributed by atoms with Gasteiger partial charge >= 0.3 is 0 Å². The van der Waals surface area contributed by atoms with Crippen molar-refractivity contribution in [3.63, 3.8) is 0 Å². The summed E-state index contributed by atoms with van der Waals surface area (Å²) < 4.78 is 10.9. The number of methoxy groups -OCH3 is 1. The minimum Gasteiger partial charge on any atom is -0.550 e. The molecule has 0 saturated heterocycles. The Morgan fingerprint density at radius 2 is 2.16 bits per heavy atom. The van der Waals surface area contributed by atoms with Crippen molar-refractivity contribution in [3.8, 4) is 11.5 Å². The summed E-state index contributed by atoms with van der Waals surface area (Å²) in [4.78, 5) is 10.6. The summed E-state index contributed by atoms with van der Waals surface area (Å²) in [7, 11) is 1.56. The van der Waals surface area contributed by atoms with Crippen molar-refractivity contribution in [2.24, 2.45) is 0 Å². The van der Waals surface area contributed by atoms with Crippen LogP contribution in [0.25, 0.3) is 0 Å². The van der Waals surface area contributed by atoms with E-state index in [-0.39, 0.29) is 12.5 Å². The van der Waals surface area contributed by atoms with E-state index in [4.69, 9.17) is 9.47 Å². The zero-order chi connectivity index (χ0) is 14.3. The highest BCUT2D eigenvalue weighted by Gasteiger charge is 2.13. The highest BCUT2D eigenvalue weighted by molar-refractivity contribution is 5.65. The molecule has 0 aliphatic carbocycles. The molecule has 0 radical (unpaired) electrons. The number of benzene rings is 1. The molecule has 0 heterocycles. The highest BCUT2D eigenvalue weighted by Crippen LogP contribution is 2.30. The first-order valence-corrected chi connectivity index (χ1v) is 6.42. The van der Waals surface area contributed by atoms with E-state index >= 15 is 0 Å². The lowest BCUT2D eigenvalue weighted by Crippen LogP contribution is -2.55. The van der Waals surface area contributed by atoms with Gasteiger partial charge in [-0.1, -0.05) is 13.3 Å². The molecule has 106 valence electrons. The maximum absolute atomic E-state index is 10.6. The summed E-state index contributed by atoms with van der Waals surface area (Å²) in [5, 5.41) is 10.6. The van der Waals surface area contributed by atoms with Crippen LogP contribution in [0, 0.1) is 0 Å². The second kappa shape index (κ2) is 7.63. The molecule has 19 heavy (non-hydrogen) atoms. The highest BCUT2D eigenvalue weighted by atomic mass is 16.5. The second-order valence-electron chi connectivity index (χ2n) is 4.39. The van der Waals surface area contributed by atoms with Gasteiger partial charge in [0.1, 0.15) is 6.04 Å². The molecule has 0 unspecified atom stereocenters. The van der Waals surface area contributed by atoms with Crippen LogP contribution in [-0.4, -0.2) is 19.7 Å². The molecule has 0 bridgehead atoms. The molecule has 1 atom stereocenters. The Labute approximate surface area is 113 Å². The van der Waals surface area contributed by atoms with Gasteiger partial charge in [0.05, 0.1) is 13.7 Å². The van der Waals surface area contributed by atoms with E-state index < -0.39 is 5.97 Å². The van der Waals surface area contributed by atoms with Gasteiger partial charge in [0, 0.05) is 18.0 Å². The number of carboxylic acids is 1. The van der Waals surface area contributed by atoms with Crippen LogP contribution < -0.4 is 20.3 Å². The zero-order valence-electron chi connectivity index (χ0n) is 11.5. The van der Waals surface area contributed by atoms with Gasteiger partial charge in [0.2, 0.25) is 0 Å². The fraction of sp³-hybridized carbons (Fsp3) is 0.500. The lowest BCUT2D eigenvalue weighted by Gasteiger charge is -2.14. The fourth-order valence-electron chi connectivity index (χ4n) is 1.70. The Hall–Kier alpha value is -1.75. The molecule has 0 aliphatic rings. The van der Waals surface area contributed by atoms with E-state index in [0.29, 0.717) is 18.1 Å². The van der Waals surface area contributed by atoms with Crippen molar-refractivity contribution in [1.82, 2.24) is 0 Å². The second-order valence-corrected chi connectivity index (χ2v) is 4.39. The minimum absolute atomic E-state index is 0.112. The number of carbonyl (C=O) groups excluding carboxylic acids is 1. The van der Waals surface area contributed by atoms with E-state index in [1.54, 1.807) is 19.2 Å². The lowest BCUT2D eigenvalue weighted by atomic mass is 10.0. The number of hydrogen-bond donors (Lipinski definition) is 1. The van der Waals surface area contributed by atoms with Crippen molar-refractivity contribution in [3.05, 3.63) is 23.8 Å². The molecule has 0 aromatic heterocycles. The van der Waals surface area contributed by atoms with Crippen LogP contribution in [0.2, 0.25) is 0 Å². The summed E-state index contributed by atoms with van der Waals surface area (Å²) in [5.74, 6) is 0.156. The first kappa shape index (κ1) is 15.3. The summed E-state index contributed by atoms with van der Waals surface area (Å²) in [6.07, 6.45) is 1.93. The van der Waals surface area contributed by atoms with Crippen LogP contribution in [0.5, 0.6) is 11.5 Å². The van der Waals surface area contributed by atoms with E-state index in [0.717, 1.165) is 18.4 Å². The monoisotopic (exact) mass is 267 g/mol. The topological polar surface area (TPSA) is 86.2 Å². The standard InChI is InChI=1S/C14H21NO4/c1-3-4-7-19-12-6-5-10(8-13(12)18-2)11(15)9-14(16)17/h5-6,8,11H,3-4,7,9,15H2,1-2H3,(H,16,17)/t11-/m0/s1. The van der Waals surface area contributed by atoms with Crippen molar-refractivity contribution in [2.75, 3.05) is 13.7 Å². The first-order chi connectivity index (χ1) is 9.08. The number of aliphatic carboxylic acids is 1.